The van der Waals surface area contributed by atoms with E-state index < -0.39 is 0 Å². The molecule has 0 N–H and O–H groups in total. The predicted octanol–water partition coefficient (Wildman–Crippen LogP) is 6.92. The van der Waals surface area contributed by atoms with Gasteiger partial charge in [-0.1, -0.05) is 36.4 Å². The third-order valence-corrected chi connectivity index (χ3v) is 5.98. The van der Waals surface area contributed by atoms with E-state index in [1.54, 1.807) is 0 Å². The molecular weight excluding hydrogens is 376 g/mol. The summed E-state index contributed by atoms with van der Waals surface area (Å²) < 4.78 is 2.32. The Kier molecular flexibility index (Phi) is 11.0. The van der Waals surface area contributed by atoms with Crippen LogP contribution in [0.4, 0.5) is 0 Å². The summed E-state index contributed by atoms with van der Waals surface area (Å²) in [5.41, 5.74) is 8.18. The van der Waals surface area contributed by atoms with Crippen LogP contribution in [-0.4, -0.2) is 12.8 Å². The first-order valence-electron chi connectivity index (χ1n) is 11.8. The molecule has 2 rings (SSSR count). The number of allylic oxidation sites excluding steroid dienone is 4. The number of hydrogen-bond donors (Lipinski definition) is 0. The Balaban J connectivity index is 1.63. The van der Waals surface area contributed by atoms with E-state index in [4.69, 9.17) is 0 Å². The number of benzene rings is 1. The Hall–Kier alpha value is -2.48. The van der Waals surface area contributed by atoms with Gasteiger partial charge in [-0.15, -0.1) is 0 Å². The maximum Gasteiger partial charge on any atom is 0.171 e. The maximum absolute atomic E-state index is 4.57. The summed E-state index contributed by atoms with van der Waals surface area (Å²) in [5.74, 6) is 0. The normalized spacial score (nSPS) is 12.7. The zero-order valence-corrected chi connectivity index (χ0v) is 20.3. The summed E-state index contributed by atoms with van der Waals surface area (Å²) in [4.78, 5) is 4.57. The van der Waals surface area contributed by atoms with Crippen LogP contribution in [0.25, 0.3) is 0 Å². The van der Waals surface area contributed by atoms with E-state index in [1.807, 2.05) is 13.1 Å². The van der Waals surface area contributed by atoms with Crippen molar-refractivity contribution in [2.75, 3.05) is 6.54 Å². The zero-order valence-electron chi connectivity index (χ0n) is 20.3. The molecule has 0 unspecified atom stereocenters. The second-order valence-electron chi connectivity index (χ2n) is 8.68. The molecule has 0 aliphatic carbocycles. The fourth-order valence-corrected chi connectivity index (χ4v) is 3.58. The highest BCUT2D eigenvalue weighted by atomic mass is 14.9. The molecule has 0 amide bonds. The number of hydrogen-bond acceptors (Lipinski definition) is 1. The van der Waals surface area contributed by atoms with Gasteiger partial charge in [0.05, 0.1) is 0 Å². The molecule has 0 radical (unpaired) electrons. The average Bonchev–Trinajstić information content (AvgIpc) is 2.77. The van der Waals surface area contributed by atoms with E-state index in [-0.39, 0.29) is 0 Å². The summed E-state index contributed by atoms with van der Waals surface area (Å²) in [5, 5.41) is 0. The van der Waals surface area contributed by atoms with Crippen molar-refractivity contribution in [3.63, 3.8) is 0 Å². The molecule has 0 aliphatic rings. The van der Waals surface area contributed by atoms with Crippen molar-refractivity contribution in [1.82, 2.24) is 0 Å². The summed E-state index contributed by atoms with van der Waals surface area (Å²) in [7, 11) is 0. The first-order valence-corrected chi connectivity index (χ1v) is 11.8. The van der Waals surface area contributed by atoms with Crippen molar-refractivity contribution >= 4 is 6.21 Å². The van der Waals surface area contributed by atoms with Crippen LogP contribution in [0.15, 0.2) is 71.0 Å². The van der Waals surface area contributed by atoms with Crippen molar-refractivity contribution in [2.45, 2.75) is 79.7 Å². The van der Waals surface area contributed by atoms with Crippen LogP contribution in [0.2, 0.25) is 0 Å². The number of unbranched alkanes of at least 4 members (excludes halogenated alkanes) is 2. The van der Waals surface area contributed by atoms with E-state index in [0.29, 0.717) is 0 Å². The number of aryl methyl sites for hydroxylation is 5. The maximum atomic E-state index is 4.57. The van der Waals surface area contributed by atoms with Crippen molar-refractivity contribution in [3.8, 4) is 0 Å². The van der Waals surface area contributed by atoms with Gasteiger partial charge in [-0.25, -0.2) is 4.57 Å². The van der Waals surface area contributed by atoms with Crippen LogP contribution < -0.4 is 4.57 Å². The molecular formula is C29H41N2+. The van der Waals surface area contributed by atoms with Gasteiger partial charge < -0.3 is 0 Å². The molecule has 1 heterocycles. The molecule has 2 aromatic rings. The van der Waals surface area contributed by atoms with Crippen molar-refractivity contribution in [3.05, 3.63) is 88.3 Å². The molecule has 166 valence electrons. The number of aromatic nitrogens is 1. The Morgan fingerprint density at radius 1 is 0.839 bits per heavy atom. The largest absolute Gasteiger partial charge is 0.293 e. The minimum absolute atomic E-state index is 0.914. The van der Waals surface area contributed by atoms with Gasteiger partial charge in [-0.3, -0.25) is 4.99 Å². The molecule has 1 aromatic heterocycles. The molecule has 0 bridgehead atoms. The lowest BCUT2D eigenvalue weighted by Gasteiger charge is -2.05. The van der Waals surface area contributed by atoms with Crippen LogP contribution in [0.5, 0.6) is 0 Å². The second kappa shape index (κ2) is 13.7. The van der Waals surface area contributed by atoms with E-state index in [1.165, 1.54) is 59.1 Å². The highest BCUT2D eigenvalue weighted by Crippen LogP contribution is 2.11. The van der Waals surface area contributed by atoms with E-state index in [2.05, 4.69) is 92.1 Å². The summed E-state index contributed by atoms with van der Waals surface area (Å²) in [6.07, 6.45) is 17.8. The van der Waals surface area contributed by atoms with Gasteiger partial charge >= 0.3 is 0 Å². The lowest BCUT2D eigenvalue weighted by molar-refractivity contribution is -0.697. The molecule has 0 aliphatic heterocycles. The molecule has 31 heavy (non-hydrogen) atoms. The third-order valence-electron chi connectivity index (χ3n) is 5.98. The van der Waals surface area contributed by atoms with E-state index >= 15 is 0 Å². The first-order chi connectivity index (χ1) is 15.0. The predicted molar refractivity (Wildman–Crippen MR) is 135 cm³/mol. The van der Waals surface area contributed by atoms with Crippen LogP contribution in [-0.2, 0) is 19.4 Å². The smallest absolute Gasteiger partial charge is 0.171 e. The van der Waals surface area contributed by atoms with Crippen molar-refractivity contribution in [1.29, 1.82) is 0 Å². The minimum Gasteiger partial charge on any atom is -0.293 e. The fourth-order valence-electron chi connectivity index (χ4n) is 3.58. The van der Waals surface area contributed by atoms with E-state index in [0.717, 1.165) is 25.9 Å². The van der Waals surface area contributed by atoms with Crippen LogP contribution in [0, 0.1) is 13.8 Å². The lowest BCUT2D eigenvalue weighted by atomic mass is 10.0. The summed E-state index contributed by atoms with van der Waals surface area (Å²) in [6.45, 7) is 12.7. The zero-order chi connectivity index (χ0) is 22.5. The summed E-state index contributed by atoms with van der Waals surface area (Å²) >= 11 is 0. The summed E-state index contributed by atoms with van der Waals surface area (Å²) in [6, 6.07) is 11.5. The average molecular weight is 418 g/mol. The monoisotopic (exact) mass is 417 g/mol. The lowest BCUT2D eigenvalue weighted by Crippen LogP contribution is -2.33. The second-order valence-corrected chi connectivity index (χ2v) is 8.68. The molecule has 1 aromatic carbocycles. The Bertz CT molecular complexity index is 885. The quantitative estimate of drug-likeness (QED) is 0.154. The SMILES string of the molecule is C/C=C\C(C)=C(\C)C=NCCCCc1ccc(CCCC[n+]2ccc(C)c(C)c2)cc1. The fraction of sp³-hybridized carbons (Fsp3) is 0.448. The molecule has 0 spiro atoms. The van der Waals surface area contributed by atoms with Crippen LogP contribution in [0.3, 0.4) is 0 Å². The Labute approximate surface area is 190 Å². The molecule has 0 atom stereocenters. The Morgan fingerprint density at radius 2 is 1.48 bits per heavy atom. The van der Waals surface area contributed by atoms with Gasteiger partial charge in [0.15, 0.2) is 12.4 Å². The molecule has 2 nitrogen and oxygen atoms in total. The van der Waals surface area contributed by atoms with Gasteiger partial charge in [-0.05, 0) is 94.6 Å². The molecule has 2 heteroatoms. The molecule has 0 saturated carbocycles. The molecule has 0 saturated heterocycles. The van der Waals surface area contributed by atoms with Crippen molar-refractivity contribution in [2.24, 2.45) is 4.99 Å². The highest BCUT2D eigenvalue weighted by molar-refractivity contribution is 5.79. The van der Waals surface area contributed by atoms with Gasteiger partial charge in [0.2, 0.25) is 0 Å². The first kappa shape index (κ1) is 24.8. The van der Waals surface area contributed by atoms with Crippen molar-refractivity contribution < 1.29 is 4.57 Å². The third kappa shape index (κ3) is 9.46. The standard InChI is InChI=1S/C29H41N2/c1-6-11-24(2)26(4)22-30-19-9-7-12-28-14-16-29(17-15-28)13-8-10-20-31-21-18-25(3)27(5)23-31/h6,11,14-18,21-23H,7-10,12-13,19-20H2,1-5H3/q+1/b11-6-,26-24-,30-22?. The number of rotatable bonds is 12. The van der Waals surface area contributed by atoms with Gasteiger partial charge in [0.1, 0.15) is 6.54 Å². The molecule has 0 fully saturated rings. The van der Waals surface area contributed by atoms with Gasteiger partial charge in [-0.2, -0.15) is 0 Å². The highest BCUT2D eigenvalue weighted by Gasteiger charge is 2.03. The minimum atomic E-state index is 0.914. The van der Waals surface area contributed by atoms with Gasteiger partial charge in [0, 0.05) is 30.8 Å². The van der Waals surface area contributed by atoms with Crippen LogP contribution in [0.1, 0.15) is 68.7 Å². The topological polar surface area (TPSA) is 16.2 Å². The van der Waals surface area contributed by atoms with Gasteiger partial charge in [0.25, 0.3) is 0 Å². The van der Waals surface area contributed by atoms with E-state index in [9.17, 15) is 0 Å². The number of pyridine rings is 1. The number of nitrogens with zero attached hydrogens (tertiary/aromatic N) is 2. The van der Waals surface area contributed by atoms with Crippen LogP contribution >= 0.6 is 0 Å². The number of aliphatic imine (C=N–C) groups is 1. The Morgan fingerprint density at radius 3 is 2.10 bits per heavy atom.